The first-order valence-electron chi connectivity index (χ1n) is 8.95. The molecule has 7 nitrogen and oxygen atoms in total. The van der Waals surface area contributed by atoms with Crippen LogP contribution < -0.4 is 5.32 Å². The average molecular weight is 357 g/mol. The summed E-state index contributed by atoms with van der Waals surface area (Å²) in [6.45, 7) is 5.08. The molecule has 26 heavy (non-hydrogen) atoms. The fourth-order valence-corrected chi connectivity index (χ4v) is 2.74. The minimum Gasteiger partial charge on any atom is -0.350 e. The zero-order valence-electron chi connectivity index (χ0n) is 15.7. The second-order valence-electron chi connectivity index (χ2n) is 6.53. The SMILES string of the molecule is CCc1cn[nH]c1C(=O)NCC(C)CN(C)C(=O)CCc1ccccn1. The van der Waals surface area contributed by atoms with E-state index in [-0.39, 0.29) is 17.7 Å². The number of pyridine rings is 1. The first-order chi connectivity index (χ1) is 12.5. The minimum absolute atomic E-state index is 0.0793. The van der Waals surface area contributed by atoms with E-state index in [2.05, 4.69) is 20.5 Å². The van der Waals surface area contributed by atoms with Crippen molar-refractivity contribution in [3.05, 3.63) is 47.5 Å². The van der Waals surface area contributed by atoms with Gasteiger partial charge in [-0.1, -0.05) is 19.9 Å². The van der Waals surface area contributed by atoms with E-state index in [1.165, 1.54) is 0 Å². The Hall–Kier alpha value is -2.70. The lowest BCUT2D eigenvalue weighted by atomic mass is 10.1. The summed E-state index contributed by atoms with van der Waals surface area (Å²) in [4.78, 5) is 30.4. The van der Waals surface area contributed by atoms with E-state index in [9.17, 15) is 9.59 Å². The summed E-state index contributed by atoms with van der Waals surface area (Å²) in [5, 5.41) is 9.56. The highest BCUT2D eigenvalue weighted by atomic mass is 16.2. The molecule has 2 amide bonds. The molecular formula is C19H27N5O2. The molecule has 0 aliphatic heterocycles. The number of nitrogens with one attached hydrogen (secondary N) is 2. The zero-order valence-corrected chi connectivity index (χ0v) is 15.7. The number of rotatable bonds is 9. The van der Waals surface area contributed by atoms with Crippen molar-refractivity contribution in [2.75, 3.05) is 20.1 Å². The fourth-order valence-electron chi connectivity index (χ4n) is 2.74. The zero-order chi connectivity index (χ0) is 18.9. The molecule has 0 saturated heterocycles. The number of amides is 2. The summed E-state index contributed by atoms with van der Waals surface area (Å²) in [6, 6.07) is 5.70. The highest BCUT2D eigenvalue weighted by Crippen LogP contribution is 2.06. The van der Waals surface area contributed by atoms with Gasteiger partial charge in [-0.2, -0.15) is 5.10 Å². The predicted octanol–water partition coefficient (Wildman–Crippen LogP) is 1.82. The van der Waals surface area contributed by atoms with E-state index in [1.807, 2.05) is 32.0 Å². The normalized spacial score (nSPS) is 11.8. The molecule has 7 heteroatoms. The summed E-state index contributed by atoms with van der Waals surface area (Å²) >= 11 is 0. The molecule has 0 saturated carbocycles. The first kappa shape index (κ1) is 19.6. The molecule has 1 unspecified atom stereocenters. The van der Waals surface area contributed by atoms with Crippen molar-refractivity contribution in [2.24, 2.45) is 5.92 Å². The highest BCUT2D eigenvalue weighted by molar-refractivity contribution is 5.93. The largest absolute Gasteiger partial charge is 0.350 e. The van der Waals surface area contributed by atoms with E-state index >= 15 is 0 Å². The summed E-state index contributed by atoms with van der Waals surface area (Å²) in [5.74, 6) is 0.0711. The van der Waals surface area contributed by atoms with Crippen molar-refractivity contribution in [1.29, 1.82) is 0 Å². The molecule has 2 aromatic rings. The number of aromatic nitrogens is 3. The van der Waals surface area contributed by atoms with Crippen LogP contribution in [0.5, 0.6) is 0 Å². The van der Waals surface area contributed by atoms with Crippen molar-refractivity contribution >= 4 is 11.8 Å². The van der Waals surface area contributed by atoms with Gasteiger partial charge in [0.1, 0.15) is 5.69 Å². The number of aryl methyl sites for hydroxylation is 2. The van der Waals surface area contributed by atoms with Crippen LogP contribution in [0.15, 0.2) is 30.6 Å². The number of hydrogen-bond acceptors (Lipinski definition) is 4. The standard InChI is InChI=1S/C19H27N5O2/c1-4-15-12-22-23-18(15)19(26)21-11-14(2)13-24(3)17(25)9-8-16-7-5-6-10-20-16/h5-7,10,12,14H,4,8-9,11,13H2,1-3H3,(H,21,26)(H,22,23). The lowest BCUT2D eigenvalue weighted by Gasteiger charge is -2.22. The van der Waals surface area contributed by atoms with Gasteiger partial charge in [-0.25, -0.2) is 0 Å². The van der Waals surface area contributed by atoms with Gasteiger partial charge >= 0.3 is 0 Å². The second-order valence-corrected chi connectivity index (χ2v) is 6.53. The van der Waals surface area contributed by atoms with Gasteiger partial charge in [0.2, 0.25) is 5.91 Å². The van der Waals surface area contributed by atoms with Gasteiger partial charge in [-0.05, 0) is 30.9 Å². The maximum Gasteiger partial charge on any atom is 0.269 e. The Kier molecular flexibility index (Phi) is 7.32. The monoisotopic (exact) mass is 357 g/mol. The van der Waals surface area contributed by atoms with E-state index in [1.54, 1.807) is 24.3 Å². The van der Waals surface area contributed by atoms with Gasteiger partial charge in [0, 0.05) is 44.0 Å². The van der Waals surface area contributed by atoms with Gasteiger partial charge in [-0.3, -0.25) is 19.7 Å². The molecule has 2 aromatic heterocycles. The molecule has 1 atom stereocenters. The minimum atomic E-state index is -0.157. The van der Waals surface area contributed by atoms with Crippen LogP contribution in [-0.2, 0) is 17.6 Å². The Bertz CT molecular complexity index is 714. The molecule has 140 valence electrons. The third kappa shape index (κ3) is 5.68. The Balaban J connectivity index is 1.73. The fraction of sp³-hybridized carbons (Fsp3) is 0.474. The maximum atomic E-state index is 12.3. The van der Waals surface area contributed by atoms with Crippen LogP contribution >= 0.6 is 0 Å². The predicted molar refractivity (Wildman–Crippen MR) is 99.7 cm³/mol. The van der Waals surface area contributed by atoms with Crippen LogP contribution in [0, 0.1) is 5.92 Å². The highest BCUT2D eigenvalue weighted by Gasteiger charge is 2.16. The van der Waals surface area contributed by atoms with Crippen LogP contribution in [0.2, 0.25) is 0 Å². The summed E-state index contributed by atoms with van der Waals surface area (Å²) in [5.41, 5.74) is 2.33. The molecule has 2 heterocycles. The van der Waals surface area contributed by atoms with Gasteiger partial charge < -0.3 is 10.2 Å². The summed E-state index contributed by atoms with van der Waals surface area (Å²) in [7, 11) is 1.79. The van der Waals surface area contributed by atoms with E-state index in [0.29, 0.717) is 31.6 Å². The van der Waals surface area contributed by atoms with Crippen molar-refractivity contribution in [2.45, 2.75) is 33.1 Å². The van der Waals surface area contributed by atoms with Gasteiger partial charge in [0.25, 0.3) is 5.91 Å². The molecule has 0 aliphatic rings. The van der Waals surface area contributed by atoms with Crippen molar-refractivity contribution in [3.8, 4) is 0 Å². The third-order valence-corrected chi connectivity index (χ3v) is 4.27. The number of nitrogens with zero attached hydrogens (tertiary/aromatic N) is 3. The van der Waals surface area contributed by atoms with E-state index in [0.717, 1.165) is 17.7 Å². The molecule has 0 bridgehead atoms. The number of aromatic amines is 1. The lowest BCUT2D eigenvalue weighted by molar-refractivity contribution is -0.130. The quantitative estimate of drug-likeness (QED) is 0.716. The Morgan fingerprint density at radius 1 is 1.35 bits per heavy atom. The van der Waals surface area contributed by atoms with Crippen LogP contribution in [0.4, 0.5) is 0 Å². The Labute approximate surface area is 154 Å². The van der Waals surface area contributed by atoms with Crippen LogP contribution in [0.1, 0.15) is 42.0 Å². The molecule has 2 N–H and O–H groups in total. The summed E-state index contributed by atoms with van der Waals surface area (Å²) in [6.07, 6.45) is 5.22. The Morgan fingerprint density at radius 2 is 2.15 bits per heavy atom. The number of H-pyrrole nitrogens is 1. The maximum absolute atomic E-state index is 12.3. The topological polar surface area (TPSA) is 91.0 Å². The number of hydrogen-bond donors (Lipinski definition) is 2. The molecule has 0 radical (unpaired) electrons. The number of carbonyl (C=O) groups is 2. The smallest absolute Gasteiger partial charge is 0.269 e. The second kappa shape index (κ2) is 9.70. The molecule has 0 fully saturated rings. The molecule has 0 aliphatic carbocycles. The van der Waals surface area contributed by atoms with E-state index < -0.39 is 0 Å². The van der Waals surface area contributed by atoms with Crippen molar-refractivity contribution < 1.29 is 9.59 Å². The van der Waals surface area contributed by atoms with Crippen LogP contribution in [-0.4, -0.2) is 52.0 Å². The Morgan fingerprint density at radius 3 is 2.85 bits per heavy atom. The van der Waals surface area contributed by atoms with Gasteiger partial charge in [0.05, 0.1) is 6.20 Å². The number of carbonyl (C=O) groups excluding carboxylic acids is 2. The first-order valence-corrected chi connectivity index (χ1v) is 8.95. The average Bonchev–Trinajstić information content (AvgIpc) is 3.13. The molecule has 0 aromatic carbocycles. The van der Waals surface area contributed by atoms with Crippen LogP contribution in [0.25, 0.3) is 0 Å². The van der Waals surface area contributed by atoms with Gasteiger partial charge in [0.15, 0.2) is 0 Å². The van der Waals surface area contributed by atoms with E-state index in [4.69, 9.17) is 0 Å². The molecule has 2 rings (SSSR count). The van der Waals surface area contributed by atoms with Crippen molar-refractivity contribution in [3.63, 3.8) is 0 Å². The van der Waals surface area contributed by atoms with Crippen molar-refractivity contribution in [1.82, 2.24) is 25.4 Å². The lowest BCUT2D eigenvalue weighted by Crippen LogP contribution is -2.37. The van der Waals surface area contributed by atoms with Gasteiger partial charge in [-0.15, -0.1) is 0 Å². The third-order valence-electron chi connectivity index (χ3n) is 4.27. The molecular weight excluding hydrogens is 330 g/mol. The summed E-state index contributed by atoms with van der Waals surface area (Å²) < 4.78 is 0. The van der Waals surface area contributed by atoms with Crippen LogP contribution in [0.3, 0.4) is 0 Å². The molecule has 0 spiro atoms.